The van der Waals surface area contributed by atoms with Crippen molar-refractivity contribution in [2.24, 2.45) is 23.5 Å². The minimum atomic E-state index is -1.14. The highest BCUT2D eigenvalue weighted by molar-refractivity contribution is 5.94. The molecule has 4 atom stereocenters. The first-order valence-electron chi connectivity index (χ1n) is 12.2. The molecular weight excluding hydrogens is 448 g/mol. The second kappa shape index (κ2) is 14.5. The number of rotatable bonds is 14. The number of amides is 3. The monoisotopic (exact) mass is 490 g/mol. The minimum absolute atomic E-state index is 0.0609. The van der Waals surface area contributed by atoms with Crippen LogP contribution in [-0.4, -0.2) is 53.0 Å². The summed E-state index contributed by atoms with van der Waals surface area (Å²) in [6.07, 6.45) is 1.00. The van der Waals surface area contributed by atoms with Crippen molar-refractivity contribution in [1.29, 1.82) is 0 Å². The van der Waals surface area contributed by atoms with Crippen molar-refractivity contribution in [2.75, 3.05) is 0 Å². The van der Waals surface area contributed by atoms with Crippen molar-refractivity contribution in [3.63, 3.8) is 0 Å². The number of aliphatic carboxylic acids is 1. The average molecular weight is 491 g/mol. The largest absolute Gasteiger partial charge is 0.480 e. The molecule has 0 bridgehead atoms. The highest BCUT2D eigenvalue weighted by Gasteiger charge is 2.32. The van der Waals surface area contributed by atoms with E-state index in [1.807, 2.05) is 58.0 Å². The Morgan fingerprint density at radius 2 is 1.23 bits per heavy atom. The third kappa shape index (κ3) is 10.9. The Hall–Kier alpha value is -2.94. The topological polar surface area (TPSA) is 151 Å². The predicted molar refractivity (Wildman–Crippen MR) is 135 cm³/mol. The number of carboxylic acid groups (broad SMARTS) is 1. The van der Waals surface area contributed by atoms with E-state index in [1.54, 1.807) is 13.8 Å². The summed E-state index contributed by atoms with van der Waals surface area (Å²) in [7, 11) is 0. The second-order valence-electron chi connectivity index (χ2n) is 10.2. The summed E-state index contributed by atoms with van der Waals surface area (Å²) in [5.41, 5.74) is 7.00. The summed E-state index contributed by atoms with van der Waals surface area (Å²) in [5.74, 6) is -2.84. The van der Waals surface area contributed by atoms with E-state index >= 15 is 0 Å². The molecule has 0 aromatic heterocycles. The Morgan fingerprint density at radius 3 is 1.66 bits per heavy atom. The molecule has 35 heavy (non-hydrogen) atoms. The number of benzene rings is 1. The van der Waals surface area contributed by atoms with Gasteiger partial charge in [-0.1, -0.05) is 71.9 Å². The van der Waals surface area contributed by atoms with Crippen LogP contribution in [0.4, 0.5) is 0 Å². The number of carbonyl (C=O) groups is 4. The van der Waals surface area contributed by atoms with Crippen LogP contribution in [0.15, 0.2) is 30.3 Å². The van der Waals surface area contributed by atoms with Gasteiger partial charge in [0.1, 0.15) is 18.1 Å². The Balaban J connectivity index is 2.96. The van der Waals surface area contributed by atoms with E-state index < -0.39 is 47.9 Å². The number of carboxylic acids is 1. The van der Waals surface area contributed by atoms with E-state index in [-0.39, 0.29) is 17.8 Å². The summed E-state index contributed by atoms with van der Waals surface area (Å²) in [4.78, 5) is 50.4. The van der Waals surface area contributed by atoms with Crippen LogP contribution >= 0.6 is 0 Å². The summed E-state index contributed by atoms with van der Waals surface area (Å²) in [6, 6.07) is 5.63. The molecule has 0 saturated heterocycles. The average Bonchev–Trinajstić information content (AvgIpc) is 2.75. The van der Waals surface area contributed by atoms with Gasteiger partial charge in [-0.3, -0.25) is 14.4 Å². The minimum Gasteiger partial charge on any atom is -0.480 e. The van der Waals surface area contributed by atoms with Crippen LogP contribution in [0, 0.1) is 17.8 Å². The van der Waals surface area contributed by atoms with Crippen molar-refractivity contribution in [3.05, 3.63) is 35.9 Å². The molecule has 0 unspecified atom stereocenters. The molecule has 0 radical (unpaired) electrons. The van der Waals surface area contributed by atoms with Gasteiger partial charge in [0.15, 0.2) is 0 Å². The molecule has 6 N–H and O–H groups in total. The number of nitrogens with two attached hydrogens (primary N) is 1. The molecule has 0 aliphatic carbocycles. The molecule has 0 saturated carbocycles. The number of hydrogen-bond donors (Lipinski definition) is 5. The molecule has 1 rings (SSSR count). The Kier molecular flexibility index (Phi) is 12.4. The Morgan fingerprint density at radius 1 is 0.771 bits per heavy atom. The smallest absolute Gasteiger partial charge is 0.326 e. The van der Waals surface area contributed by atoms with Gasteiger partial charge in [0.05, 0.1) is 6.04 Å². The third-order valence-corrected chi connectivity index (χ3v) is 5.55. The van der Waals surface area contributed by atoms with E-state index in [4.69, 9.17) is 5.73 Å². The summed E-state index contributed by atoms with van der Waals surface area (Å²) >= 11 is 0. The van der Waals surface area contributed by atoms with Crippen LogP contribution in [0.25, 0.3) is 0 Å². The normalized spacial score (nSPS) is 14.8. The fraction of sp³-hybridized carbons (Fsp3) is 0.615. The zero-order valence-electron chi connectivity index (χ0n) is 21.7. The molecule has 0 aliphatic rings. The molecule has 9 heteroatoms. The van der Waals surface area contributed by atoms with E-state index in [1.165, 1.54) is 0 Å². The fourth-order valence-electron chi connectivity index (χ4n) is 3.69. The second-order valence-corrected chi connectivity index (χ2v) is 10.2. The molecule has 0 spiro atoms. The van der Waals surface area contributed by atoms with Crippen LogP contribution in [0.2, 0.25) is 0 Å². The van der Waals surface area contributed by atoms with Crippen molar-refractivity contribution in [3.8, 4) is 0 Å². The number of nitrogens with one attached hydrogen (secondary N) is 3. The molecule has 196 valence electrons. The lowest BCUT2D eigenvalue weighted by atomic mass is 9.98. The molecule has 9 nitrogen and oxygen atoms in total. The number of carbonyl (C=O) groups excluding carboxylic acids is 3. The molecule has 3 amide bonds. The first kappa shape index (κ1) is 30.1. The highest BCUT2D eigenvalue weighted by atomic mass is 16.4. The van der Waals surface area contributed by atoms with Crippen LogP contribution in [0.5, 0.6) is 0 Å². The van der Waals surface area contributed by atoms with Crippen LogP contribution in [0.3, 0.4) is 0 Å². The van der Waals surface area contributed by atoms with E-state index in [9.17, 15) is 24.3 Å². The maximum Gasteiger partial charge on any atom is 0.326 e. The van der Waals surface area contributed by atoms with Gasteiger partial charge in [-0.25, -0.2) is 4.79 Å². The first-order valence-corrected chi connectivity index (χ1v) is 12.2. The van der Waals surface area contributed by atoms with Crippen LogP contribution in [-0.2, 0) is 25.6 Å². The molecule has 0 aliphatic heterocycles. The van der Waals surface area contributed by atoms with Crippen molar-refractivity contribution < 1.29 is 24.3 Å². The van der Waals surface area contributed by atoms with Crippen LogP contribution < -0.4 is 21.7 Å². The number of hydrogen-bond acceptors (Lipinski definition) is 5. The van der Waals surface area contributed by atoms with Gasteiger partial charge in [0.2, 0.25) is 17.7 Å². The molecule has 0 fully saturated rings. The van der Waals surface area contributed by atoms with Crippen molar-refractivity contribution in [1.82, 2.24) is 16.0 Å². The summed E-state index contributed by atoms with van der Waals surface area (Å²) in [6.45, 7) is 11.0. The maximum absolute atomic E-state index is 13.2. The van der Waals surface area contributed by atoms with E-state index in [0.29, 0.717) is 19.3 Å². The van der Waals surface area contributed by atoms with Gasteiger partial charge in [-0.2, -0.15) is 0 Å². The van der Waals surface area contributed by atoms with Crippen molar-refractivity contribution >= 4 is 23.7 Å². The summed E-state index contributed by atoms with van der Waals surface area (Å²) < 4.78 is 0. The van der Waals surface area contributed by atoms with Crippen LogP contribution in [0.1, 0.15) is 59.9 Å². The lowest BCUT2D eigenvalue weighted by molar-refractivity contribution is -0.143. The van der Waals surface area contributed by atoms with Crippen molar-refractivity contribution in [2.45, 2.75) is 85.0 Å². The lowest BCUT2D eigenvalue weighted by Crippen LogP contribution is -2.58. The zero-order valence-corrected chi connectivity index (χ0v) is 21.7. The Labute approximate surface area is 208 Å². The lowest BCUT2D eigenvalue weighted by Gasteiger charge is -2.27. The van der Waals surface area contributed by atoms with Gasteiger partial charge in [0, 0.05) is 0 Å². The van der Waals surface area contributed by atoms with Gasteiger partial charge in [0.25, 0.3) is 0 Å². The van der Waals surface area contributed by atoms with E-state index in [0.717, 1.165) is 5.56 Å². The maximum atomic E-state index is 13.2. The molecule has 1 aromatic carbocycles. The SMILES string of the molecule is CC(C)C[C@H](NC(=O)[C@H](CC(C)C)NC(=O)[C@@H](N)Cc1ccccc1)C(=O)N[C@H](C(=O)O)C(C)C. The first-order chi connectivity index (χ1) is 16.3. The third-order valence-electron chi connectivity index (χ3n) is 5.55. The predicted octanol–water partition coefficient (Wildman–Crippen LogP) is 1.84. The molecule has 0 heterocycles. The zero-order chi connectivity index (χ0) is 26.7. The fourth-order valence-corrected chi connectivity index (χ4v) is 3.69. The van der Waals surface area contributed by atoms with Gasteiger partial charge in [-0.05, 0) is 42.6 Å². The quantitative estimate of drug-likeness (QED) is 0.268. The molecular formula is C26H42N4O5. The highest BCUT2D eigenvalue weighted by Crippen LogP contribution is 2.11. The van der Waals surface area contributed by atoms with Gasteiger partial charge >= 0.3 is 5.97 Å². The standard InChI is InChI=1S/C26H42N4O5/c1-15(2)12-20(28-23(31)19(27)14-18-10-8-7-9-11-18)24(32)29-21(13-16(3)4)25(33)30-22(17(5)6)26(34)35/h7-11,15-17,19-22H,12-14,27H2,1-6H3,(H,28,31)(H,29,32)(H,30,33)(H,34,35)/t19-,20-,21-,22-/m0/s1. The van der Waals surface area contributed by atoms with Gasteiger partial charge in [-0.15, -0.1) is 0 Å². The summed E-state index contributed by atoms with van der Waals surface area (Å²) in [5, 5.41) is 17.4. The molecule has 1 aromatic rings. The Bertz CT molecular complexity index is 841. The van der Waals surface area contributed by atoms with E-state index in [2.05, 4.69) is 16.0 Å². The van der Waals surface area contributed by atoms with Gasteiger partial charge < -0.3 is 26.8 Å².